The standard InChI is InChI=1S/C16H27F2N3/c1-5-6-14-7-13(10-19-9-12(2)3)8-16(20-14)21(4)11-15(17)18/h7-8,12,15,19H,5-6,9-11H2,1-4H3. The molecular weight excluding hydrogens is 272 g/mol. The van der Waals surface area contributed by atoms with Crippen LogP contribution in [0.25, 0.3) is 0 Å². The normalized spacial score (nSPS) is 11.4. The average molecular weight is 299 g/mol. The summed E-state index contributed by atoms with van der Waals surface area (Å²) in [5, 5.41) is 3.38. The fraction of sp³-hybridized carbons (Fsp3) is 0.688. The summed E-state index contributed by atoms with van der Waals surface area (Å²) in [6.45, 7) is 7.80. The molecule has 1 aromatic rings. The number of aromatic nitrogens is 1. The van der Waals surface area contributed by atoms with Gasteiger partial charge in [-0.1, -0.05) is 27.2 Å². The van der Waals surface area contributed by atoms with Crippen molar-refractivity contribution in [1.29, 1.82) is 0 Å². The number of hydrogen-bond acceptors (Lipinski definition) is 3. The molecule has 0 saturated heterocycles. The molecular formula is C16H27F2N3. The molecule has 0 aliphatic rings. The predicted molar refractivity (Wildman–Crippen MR) is 84.1 cm³/mol. The molecule has 0 saturated carbocycles. The van der Waals surface area contributed by atoms with E-state index < -0.39 is 6.43 Å². The van der Waals surface area contributed by atoms with Gasteiger partial charge < -0.3 is 10.2 Å². The van der Waals surface area contributed by atoms with Crippen molar-refractivity contribution in [1.82, 2.24) is 10.3 Å². The summed E-state index contributed by atoms with van der Waals surface area (Å²) in [6.07, 6.45) is -0.490. The van der Waals surface area contributed by atoms with E-state index in [0.29, 0.717) is 11.7 Å². The maximum absolute atomic E-state index is 12.5. The molecule has 0 spiro atoms. The van der Waals surface area contributed by atoms with Crippen LogP contribution in [0.1, 0.15) is 38.4 Å². The van der Waals surface area contributed by atoms with Crippen LogP contribution in [0.15, 0.2) is 12.1 Å². The minimum atomic E-state index is -2.35. The molecule has 0 aromatic carbocycles. The number of anilines is 1. The fourth-order valence-corrected chi connectivity index (χ4v) is 2.12. The summed E-state index contributed by atoms with van der Waals surface area (Å²) in [5.74, 6) is 1.21. The van der Waals surface area contributed by atoms with Crippen molar-refractivity contribution >= 4 is 5.82 Å². The Kier molecular flexibility index (Phi) is 7.57. The summed E-state index contributed by atoms with van der Waals surface area (Å²) in [5.41, 5.74) is 2.07. The summed E-state index contributed by atoms with van der Waals surface area (Å²) in [6, 6.07) is 3.96. The maximum Gasteiger partial charge on any atom is 0.255 e. The Hall–Kier alpha value is -1.23. The molecule has 0 atom stereocenters. The second kappa shape index (κ2) is 8.93. The Morgan fingerprint density at radius 3 is 2.57 bits per heavy atom. The van der Waals surface area contributed by atoms with Gasteiger partial charge in [-0.2, -0.15) is 0 Å². The SMILES string of the molecule is CCCc1cc(CNCC(C)C)cc(N(C)CC(F)F)n1. The number of alkyl halides is 2. The van der Waals surface area contributed by atoms with Gasteiger partial charge in [-0.05, 0) is 36.6 Å². The molecule has 1 rings (SSSR count). The lowest BCUT2D eigenvalue weighted by molar-refractivity contribution is 0.156. The smallest absolute Gasteiger partial charge is 0.255 e. The highest BCUT2D eigenvalue weighted by molar-refractivity contribution is 5.42. The first-order chi connectivity index (χ1) is 9.92. The second-order valence-electron chi connectivity index (χ2n) is 5.87. The molecule has 1 aromatic heterocycles. The first-order valence-electron chi connectivity index (χ1n) is 7.62. The van der Waals surface area contributed by atoms with Gasteiger partial charge in [-0.15, -0.1) is 0 Å². The number of pyridine rings is 1. The van der Waals surface area contributed by atoms with Crippen LogP contribution < -0.4 is 10.2 Å². The van der Waals surface area contributed by atoms with Gasteiger partial charge in [0.25, 0.3) is 6.43 Å². The van der Waals surface area contributed by atoms with Crippen LogP contribution in [0.3, 0.4) is 0 Å². The van der Waals surface area contributed by atoms with Crippen LogP contribution in [0.5, 0.6) is 0 Å². The van der Waals surface area contributed by atoms with Gasteiger partial charge in [-0.3, -0.25) is 0 Å². The van der Waals surface area contributed by atoms with Crippen molar-refractivity contribution in [2.45, 2.75) is 46.6 Å². The third kappa shape index (κ3) is 6.85. The summed E-state index contributed by atoms with van der Waals surface area (Å²) >= 11 is 0. The van der Waals surface area contributed by atoms with E-state index in [1.807, 2.05) is 6.07 Å². The van der Waals surface area contributed by atoms with Crippen LogP contribution in [0, 0.1) is 5.92 Å². The minimum Gasteiger partial charge on any atom is -0.354 e. The minimum absolute atomic E-state index is 0.290. The van der Waals surface area contributed by atoms with Crippen molar-refractivity contribution in [2.75, 3.05) is 25.0 Å². The van der Waals surface area contributed by atoms with E-state index >= 15 is 0 Å². The molecule has 0 radical (unpaired) electrons. The average Bonchev–Trinajstić information content (AvgIpc) is 2.37. The van der Waals surface area contributed by atoms with E-state index in [1.54, 1.807) is 7.05 Å². The number of nitrogens with zero attached hydrogens (tertiary/aromatic N) is 2. The number of aryl methyl sites for hydroxylation is 1. The van der Waals surface area contributed by atoms with Crippen LogP contribution in [-0.2, 0) is 13.0 Å². The summed E-state index contributed by atoms with van der Waals surface area (Å²) < 4.78 is 25.1. The van der Waals surface area contributed by atoms with Crippen molar-refractivity contribution in [3.8, 4) is 0 Å². The molecule has 0 aliphatic heterocycles. The molecule has 0 fully saturated rings. The van der Waals surface area contributed by atoms with Crippen LogP contribution in [-0.4, -0.2) is 31.5 Å². The molecule has 1 heterocycles. The van der Waals surface area contributed by atoms with E-state index in [-0.39, 0.29) is 6.54 Å². The summed E-state index contributed by atoms with van der Waals surface area (Å²) in [4.78, 5) is 6.01. The predicted octanol–water partition coefficient (Wildman–Crippen LogP) is 3.48. The van der Waals surface area contributed by atoms with Gasteiger partial charge in [0.15, 0.2) is 0 Å². The second-order valence-corrected chi connectivity index (χ2v) is 5.87. The largest absolute Gasteiger partial charge is 0.354 e. The van der Waals surface area contributed by atoms with E-state index in [9.17, 15) is 8.78 Å². The van der Waals surface area contributed by atoms with Crippen LogP contribution >= 0.6 is 0 Å². The Labute approximate surface area is 126 Å². The first kappa shape index (κ1) is 17.8. The van der Waals surface area contributed by atoms with E-state index in [0.717, 1.165) is 37.2 Å². The van der Waals surface area contributed by atoms with Gasteiger partial charge in [-0.25, -0.2) is 13.8 Å². The number of halogens is 2. The lowest BCUT2D eigenvalue weighted by Gasteiger charge is -2.20. The lowest BCUT2D eigenvalue weighted by atomic mass is 10.1. The van der Waals surface area contributed by atoms with Gasteiger partial charge in [0.1, 0.15) is 5.82 Å². The fourth-order valence-electron chi connectivity index (χ4n) is 2.12. The van der Waals surface area contributed by atoms with E-state index in [1.165, 1.54) is 4.90 Å². The number of rotatable bonds is 9. The van der Waals surface area contributed by atoms with Gasteiger partial charge in [0.2, 0.25) is 0 Å². The highest BCUT2D eigenvalue weighted by Crippen LogP contribution is 2.16. The lowest BCUT2D eigenvalue weighted by Crippen LogP contribution is -2.26. The van der Waals surface area contributed by atoms with Gasteiger partial charge in [0, 0.05) is 19.3 Å². The van der Waals surface area contributed by atoms with Crippen molar-refractivity contribution in [3.05, 3.63) is 23.4 Å². The molecule has 0 amide bonds. The highest BCUT2D eigenvalue weighted by atomic mass is 19.3. The molecule has 21 heavy (non-hydrogen) atoms. The molecule has 5 heteroatoms. The number of hydrogen-bond donors (Lipinski definition) is 1. The molecule has 1 N–H and O–H groups in total. The van der Waals surface area contributed by atoms with Gasteiger partial charge >= 0.3 is 0 Å². The molecule has 120 valence electrons. The molecule has 0 bridgehead atoms. The Bertz CT molecular complexity index is 422. The highest BCUT2D eigenvalue weighted by Gasteiger charge is 2.11. The quantitative estimate of drug-likeness (QED) is 0.756. The molecule has 3 nitrogen and oxygen atoms in total. The van der Waals surface area contributed by atoms with Crippen LogP contribution in [0.4, 0.5) is 14.6 Å². The van der Waals surface area contributed by atoms with Crippen molar-refractivity contribution in [2.24, 2.45) is 5.92 Å². The number of nitrogens with one attached hydrogen (secondary N) is 1. The Morgan fingerprint density at radius 2 is 2.00 bits per heavy atom. The monoisotopic (exact) mass is 299 g/mol. The van der Waals surface area contributed by atoms with E-state index in [4.69, 9.17) is 0 Å². The van der Waals surface area contributed by atoms with Crippen molar-refractivity contribution in [3.63, 3.8) is 0 Å². The zero-order valence-electron chi connectivity index (χ0n) is 13.5. The van der Waals surface area contributed by atoms with Crippen LogP contribution in [0.2, 0.25) is 0 Å². The first-order valence-corrected chi connectivity index (χ1v) is 7.62. The van der Waals surface area contributed by atoms with Gasteiger partial charge in [0.05, 0.1) is 6.54 Å². The molecule has 0 aliphatic carbocycles. The topological polar surface area (TPSA) is 28.2 Å². The maximum atomic E-state index is 12.5. The zero-order chi connectivity index (χ0) is 15.8. The Morgan fingerprint density at radius 1 is 1.29 bits per heavy atom. The van der Waals surface area contributed by atoms with E-state index in [2.05, 4.69) is 37.1 Å². The Balaban J connectivity index is 2.83. The zero-order valence-corrected chi connectivity index (χ0v) is 13.5. The third-order valence-corrected chi connectivity index (χ3v) is 3.12. The molecule has 0 unspecified atom stereocenters. The van der Waals surface area contributed by atoms with Crippen molar-refractivity contribution < 1.29 is 8.78 Å². The summed E-state index contributed by atoms with van der Waals surface area (Å²) in [7, 11) is 1.66. The third-order valence-electron chi connectivity index (χ3n) is 3.12.